The highest BCUT2D eigenvalue weighted by atomic mass is 32.1. The maximum Gasteiger partial charge on any atom is 0.265 e. The molecule has 5 nitrogen and oxygen atoms in total. The number of nitrogens with one attached hydrogen (secondary N) is 1. The summed E-state index contributed by atoms with van der Waals surface area (Å²) in [6, 6.07) is 0.262. The van der Waals surface area contributed by atoms with Gasteiger partial charge in [-0.1, -0.05) is 25.2 Å². The van der Waals surface area contributed by atoms with Crippen molar-refractivity contribution in [1.29, 1.82) is 0 Å². The van der Waals surface area contributed by atoms with Gasteiger partial charge in [0.1, 0.15) is 10.7 Å². The van der Waals surface area contributed by atoms with Crippen LogP contribution in [0.15, 0.2) is 0 Å². The number of carbonyl (C=O) groups is 1. The van der Waals surface area contributed by atoms with E-state index >= 15 is 0 Å². The molecule has 19 heavy (non-hydrogen) atoms. The van der Waals surface area contributed by atoms with Crippen LogP contribution in [0.2, 0.25) is 0 Å². The minimum atomic E-state index is -0.0935. The second-order valence-electron chi connectivity index (χ2n) is 5.60. The maximum atomic E-state index is 12.2. The number of anilines is 2. The van der Waals surface area contributed by atoms with Crippen LogP contribution in [0, 0.1) is 5.41 Å². The molecular weight excluding hydrogens is 260 g/mol. The molecule has 0 bridgehead atoms. The highest BCUT2D eigenvalue weighted by Gasteiger charge is 2.46. The molecule has 3 N–H and O–H groups in total. The first-order chi connectivity index (χ1) is 8.89. The number of carbonyl (C=O) groups excluding carboxylic acids is 1. The first-order valence-electron chi connectivity index (χ1n) is 6.71. The van der Waals surface area contributed by atoms with E-state index in [1.54, 1.807) is 0 Å². The molecule has 6 heteroatoms. The highest BCUT2D eigenvalue weighted by molar-refractivity contribution is 7.18. The molecular formula is C13H22N4OS. The van der Waals surface area contributed by atoms with Crippen LogP contribution in [0.4, 0.5) is 10.9 Å². The summed E-state index contributed by atoms with van der Waals surface area (Å²) in [7, 11) is 0. The largest absolute Gasteiger partial charge is 0.382 e. The van der Waals surface area contributed by atoms with Crippen molar-refractivity contribution in [2.45, 2.75) is 40.2 Å². The Hall–Kier alpha value is -1.30. The number of aromatic nitrogens is 1. The van der Waals surface area contributed by atoms with Crippen LogP contribution in [-0.2, 0) is 0 Å². The van der Waals surface area contributed by atoms with Crippen molar-refractivity contribution < 1.29 is 4.79 Å². The molecule has 2 rings (SSSR count). The smallest absolute Gasteiger partial charge is 0.265 e. The third kappa shape index (κ3) is 2.83. The highest BCUT2D eigenvalue weighted by Crippen LogP contribution is 2.45. The van der Waals surface area contributed by atoms with E-state index in [1.807, 2.05) is 0 Å². The monoisotopic (exact) mass is 282 g/mol. The number of rotatable bonds is 5. The number of thiazole rings is 1. The fourth-order valence-electron chi connectivity index (χ4n) is 2.05. The standard InChI is InChI=1S/C13H22N4OS/c1-5-17(6-2)12-16-10(14)9(19-12)11(18)15-8-7-13(8,3)4/h8H,5-7,14H2,1-4H3,(H,15,18). The summed E-state index contributed by atoms with van der Waals surface area (Å²) in [5.74, 6) is 0.242. The molecule has 1 heterocycles. The zero-order chi connectivity index (χ0) is 14.2. The van der Waals surface area contributed by atoms with E-state index < -0.39 is 0 Å². The average Bonchev–Trinajstić information content (AvgIpc) is 2.76. The summed E-state index contributed by atoms with van der Waals surface area (Å²) >= 11 is 1.37. The third-order valence-electron chi connectivity index (χ3n) is 3.70. The molecule has 1 aromatic heterocycles. The van der Waals surface area contributed by atoms with Gasteiger partial charge in [0.25, 0.3) is 5.91 Å². The molecule has 1 unspecified atom stereocenters. The van der Waals surface area contributed by atoms with Crippen LogP contribution < -0.4 is 16.0 Å². The van der Waals surface area contributed by atoms with Crippen LogP contribution in [0.5, 0.6) is 0 Å². The summed E-state index contributed by atoms with van der Waals surface area (Å²) in [5.41, 5.74) is 6.08. The molecule has 0 radical (unpaired) electrons. The van der Waals surface area contributed by atoms with Gasteiger partial charge in [0.2, 0.25) is 0 Å². The maximum absolute atomic E-state index is 12.2. The van der Waals surface area contributed by atoms with Crippen LogP contribution in [0.3, 0.4) is 0 Å². The number of nitrogens with two attached hydrogens (primary N) is 1. The summed E-state index contributed by atoms with van der Waals surface area (Å²) in [6.45, 7) is 10.1. The molecule has 1 fully saturated rings. The second-order valence-corrected chi connectivity index (χ2v) is 6.58. The number of nitrogens with zero attached hydrogens (tertiary/aromatic N) is 2. The van der Waals surface area contributed by atoms with E-state index in [4.69, 9.17) is 5.73 Å². The van der Waals surface area contributed by atoms with Crippen molar-refractivity contribution in [3.63, 3.8) is 0 Å². The summed E-state index contributed by atoms with van der Waals surface area (Å²) in [5, 5.41) is 3.84. The topological polar surface area (TPSA) is 71.2 Å². The number of hydrogen-bond acceptors (Lipinski definition) is 5. The fraction of sp³-hybridized carbons (Fsp3) is 0.692. The molecule has 1 aliphatic rings. The Morgan fingerprint density at radius 1 is 1.53 bits per heavy atom. The summed E-state index contributed by atoms with van der Waals surface area (Å²) < 4.78 is 0. The normalized spacial score (nSPS) is 20.1. The Morgan fingerprint density at radius 3 is 2.58 bits per heavy atom. The molecule has 1 aromatic rings. The van der Waals surface area contributed by atoms with Gasteiger partial charge in [-0.15, -0.1) is 0 Å². The lowest BCUT2D eigenvalue weighted by atomic mass is 10.2. The first kappa shape index (κ1) is 14.1. The van der Waals surface area contributed by atoms with E-state index in [1.165, 1.54) is 11.3 Å². The van der Waals surface area contributed by atoms with Gasteiger partial charge in [0.05, 0.1) is 0 Å². The van der Waals surface area contributed by atoms with Crippen molar-refractivity contribution in [2.75, 3.05) is 23.7 Å². The quantitative estimate of drug-likeness (QED) is 0.867. The van der Waals surface area contributed by atoms with E-state index in [-0.39, 0.29) is 17.4 Å². The van der Waals surface area contributed by atoms with Gasteiger partial charge in [-0.05, 0) is 25.7 Å². The molecule has 1 saturated carbocycles. The van der Waals surface area contributed by atoms with Crippen LogP contribution in [-0.4, -0.2) is 30.0 Å². The van der Waals surface area contributed by atoms with Gasteiger partial charge in [-0.25, -0.2) is 4.98 Å². The molecule has 0 spiro atoms. The molecule has 1 atom stereocenters. The lowest BCUT2D eigenvalue weighted by Gasteiger charge is -2.16. The Bertz CT molecular complexity index is 479. The summed E-state index contributed by atoms with van der Waals surface area (Å²) in [4.78, 5) is 19.1. The average molecular weight is 282 g/mol. The first-order valence-corrected chi connectivity index (χ1v) is 7.52. The van der Waals surface area contributed by atoms with Crippen molar-refractivity contribution in [3.05, 3.63) is 4.88 Å². The van der Waals surface area contributed by atoms with E-state index in [2.05, 4.69) is 42.9 Å². The van der Waals surface area contributed by atoms with Crippen molar-refractivity contribution in [2.24, 2.45) is 5.41 Å². The SMILES string of the molecule is CCN(CC)c1nc(N)c(C(=O)NC2CC2(C)C)s1. The van der Waals surface area contributed by atoms with Gasteiger partial charge in [0, 0.05) is 19.1 Å². The fourth-order valence-corrected chi connectivity index (χ4v) is 3.07. The zero-order valence-electron chi connectivity index (χ0n) is 12.0. The number of hydrogen-bond donors (Lipinski definition) is 2. The Balaban J connectivity index is 2.10. The van der Waals surface area contributed by atoms with Gasteiger partial charge >= 0.3 is 0 Å². The molecule has 0 saturated heterocycles. The van der Waals surface area contributed by atoms with E-state index in [0.29, 0.717) is 10.7 Å². The second kappa shape index (κ2) is 5.00. The molecule has 106 valence electrons. The Labute approximate surface area is 118 Å². The number of amides is 1. The van der Waals surface area contributed by atoms with Gasteiger partial charge in [-0.3, -0.25) is 4.79 Å². The predicted octanol–water partition coefficient (Wildman–Crippen LogP) is 2.10. The van der Waals surface area contributed by atoms with Crippen molar-refractivity contribution in [3.8, 4) is 0 Å². The van der Waals surface area contributed by atoms with Gasteiger partial charge in [-0.2, -0.15) is 0 Å². The Morgan fingerprint density at radius 2 is 2.11 bits per heavy atom. The van der Waals surface area contributed by atoms with Gasteiger partial charge < -0.3 is 16.0 Å². The third-order valence-corrected chi connectivity index (χ3v) is 4.83. The van der Waals surface area contributed by atoms with E-state index in [0.717, 1.165) is 24.6 Å². The molecule has 1 amide bonds. The zero-order valence-corrected chi connectivity index (χ0v) is 12.8. The van der Waals surface area contributed by atoms with Crippen LogP contribution >= 0.6 is 11.3 Å². The minimum Gasteiger partial charge on any atom is -0.382 e. The molecule has 1 aliphatic carbocycles. The minimum absolute atomic E-state index is 0.0935. The molecule has 0 aliphatic heterocycles. The number of nitrogen functional groups attached to an aromatic ring is 1. The predicted molar refractivity (Wildman–Crippen MR) is 79.7 cm³/mol. The molecule has 0 aromatic carbocycles. The van der Waals surface area contributed by atoms with Gasteiger partial charge in [0.15, 0.2) is 5.13 Å². The van der Waals surface area contributed by atoms with Crippen LogP contribution in [0.1, 0.15) is 43.8 Å². The summed E-state index contributed by atoms with van der Waals surface area (Å²) in [6.07, 6.45) is 1.03. The Kier molecular flexibility index (Phi) is 3.71. The van der Waals surface area contributed by atoms with E-state index in [9.17, 15) is 4.79 Å². The van der Waals surface area contributed by atoms with Crippen molar-refractivity contribution in [1.82, 2.24) is 10.3 Å². The lowest BCUT2D eigenvalue weighted by molar-refractivity contribution is 0.0951. The van der Waals surface area contributed by atoms with Crippen molar-refractivity contribution >= 4 is 28.2 Å². The van der Waals surface area contributed by atoms with Crippen LogP contribution in [0.25, 0.3) is 0 Å². The lowest BCUT2D eigenvalue weighted by Crippen LogP contribution is -2.28.